The van der Waals surface area contributed by atoms with Crippen molar-refractivity contribution >= 4 is 29.8 Å². The molecular weight excluding hydrogens is 323 g/mol. The second-order valence-corrected chi connectivity index (χ2v) is 7.25. The highest BCUT2D eigenvalue weighted by Crippen LogP contribution is 2.50. The van der Waals surface area contributed by atoms with Crippen LogP contribution in [0.5, 0.6) is 5.75 Å². The van der Waals surface area contributed by atoms with Crippen LogP contribution in [0.4, 0.5) is 5.69 Å². The van der Waals surface area contributed by atoms with Crippen LogP contribution in [-0.2, 0) is 14.1 Å². The van der Waals surface area contributed by atoms with Crippen LogP contribution in [0.25, 0.3) is 0 Å². The van der Waals surface area contributed by atoms with Crippen molar-refractivity contribution < 1.29 is 23.5 Å². The lowest BCUT2D eigenvalue weighted by Crippen LogP contribution is -2.45. The summed E-state index contributed by atoms with van der Waals surface area (Å²) in [6, 6.07) is 4.86. The number of nitro groups is 1. The number of benzene rings is 1. The molecule has 0 aliphatic carbocycles. The van der Waals surface area contributed by atoms with Gasteiger partial charge in [0.1, 0.15) is 11.3 Å². The van der Waals surface area contributed by atoms with Gasteiger partial charge in [-0.2, -0.15) is 0 Å². The van der Waals surface area contributed by atoms with E-state index in [2.05, 4.69) is 9.82 Å². The Hall–Kier alpha value is -1.63. The van der Waals surface area contributed by atoms with Crippen molar-refractivity contribution in [2.75, 3.05) is 7.11 Å². The molecule has 1 atom stereocenters. The molecule has 1 aromatic rings. The second kappa shape index (κ2) is 6.43. The van der Waals surface area contributed by atoms with Crippen molar-refractivity contribution in [3.8, 4) is 5.75 Å². The molecule has 0 saturated heterocycles. The number of carbonyl (C=O) groups is 1. The molecule has 0 aliphatic rings. The Labute approximate surface area is 125 Å². The van der Waals surface area contributed by atoms with Crippen LogP contribution < -0.4 is 9.61 Å². The normalized spacial score (nSPS) is 14.1. The van der Waals surface area contributed by atoms with E-state index in [0.717, 1.165) is 0 Å². The smallest absolute Gasteiger partial charge is 0.410 e. The van der Waals surface area contributed by atoms with Gasteiger partial charge in [-0.25, -0.2) is 9.65 Å². The Morgan fingerprint density at radius 2 is 1.90 bits per heavy atom. The Balaban J connectivity index is 2.83. The summed E-state index contributed by atoms with van der Waals surface area (Å²) in [7, 11) is 1.18. The molecule has 0 amide bonds. The molecule has 8 nitrogen and oxygen atoms in total. The molecule has 116 valence electrons. The van der Waals surface area contributed by atoms with Crippen LogP contribution in [0.3, 0.4) is 0 Å². The fourth-order valence-electron chi connectivity index (χ4n) is 1.42. The van der Waals surface area contributed by atoms with Gasteiger partial charge in [0.15, 0.2) is 0 Å². The predicted molar refractivity (Wildman–Crippen MR) is 76.4 cm³/mol. The minimum absolute atomic E-state index is 0.0621. The molecular formula is C11H14ClN2O6P. The van der Waals surface area contributed by atoms with E-state index < -0.39 is 23.3 Å². The van der Waals surface area contributed by atoms with Crippen molar-refractivity contribution in [3.63, 3.8) is 0 Å². The molecule has 0 fully saturated rings. The van der Waals surface area contributed by atoms with Gasteiger partial charge in [-0.05, 0) is 26.0 Å². The first-order valence-electron chi connectivity index (χ1n) is 5.69. The highest BCUT2D eigenvalue weighted by Gasteiger charge is 2.37. The van der Waals surface area contributed by atoms with E-state index in [1.165, 1.54) is 45.2 Å². The van der Waals surface area contributed by atoms with Crippen LogP contribution >= 0.6 is 18.1 Å². The first-order valence-corrected chi connectivity index (χ1v) is 8.22. The van der Waals surface area contributed by atoms with Crippen molar-refractivity contribution in [2.45, 2.75) is 19.4 Å². The van der Waals surface area contributed by atoms with Gasteiger partial charge in [0, 0.05) is 23.4 Å². The number of nitro benzene ring substituents is 1. The van der Waals surface area contributed by atoms with E-state index >= 15 is 0 Å². The van der Waals surface area contributed by atoms with Gasteiger partial charge in [0.05, 0.1) is 12.0 Å². The second-order valence-electron chi connectivity index (χ2n) is 4.55. The van der Waals surface area contributed by atoms with Gasteiger partial charge in [-0.3, -0.25) is 14.9 Å². The largest absolute Gasteiger partial charge is 0.468 e. The number of esters is 1. The molecule has 0 saturated carbocycles. The first kappa shape index (κ1) is 17.4. The lowest BCUT2D eigenvalue weighted by atomic mass is 10.1. The van der Waals surface area contributed by atoms with E-state index in [0.29, 0.717) is 0 Å². The van der Waals surface area contributed by atoms with E-state index in [9.17, 15) is 19.5 Å². The molecule has 1 aromatic carbocycles. The molecule has 0 aliphatic heterocycles. The Morgan fingerprint density at radius 3 is 2.33 bits per heavy atom. The summed E-state index contributed by atoms with van der Waals surface area (Å²) in [5.41, 5.74) is -1.47. The number of carbonyl (C=O) groups excluding carboxylic acids is 1. The molecule has 0 spiro atoms. The molecule has 0 heterocycles. The van der Waals surface area contributed by atoms with E-state index in [4.69, 9.17) is 15.8 Å². The molecule has 0 radical (unpaired) electrons. The first-order chi connectivity index (χ1) is 9.57. The summed E-state index contributed by atoms with van der Waals surface area (Å²) in [5, 5.41) is 12.9. The maximum atomic E-state index is 12.1. The van der Waals surface area contributed by atoms with Gasteiger partial charge >= 0.3 is 12.8 Å². The topological polar surface area (TPSA) is 108 Å². The van der Waals surface area contributed by atoms with Crippen molar-refractivity contribution in [2.24, 2.45) is 0 Å². The van der Waals surface area contributed by atoms with Gasteiger partial charge in [-0.15, -0.1) is 0 Å². The summed E-state index contributed by atoms with van der Waals surface area (Å²) >= 11 is 5.74. The third-order valence-electron chi connectivity index (χ3n) is 2.38. The van der Waals surface area contributed by atoms with E-state index in [1.807, 2.05) is 0 Å². The SMILES string of the molecule is COC(=O)C(C)(C)NP(=O)(Cl)Oc1ccc([N+](=O)[O-])cc1. The highest BCUT2D eigenvalue weighted by atomic mass is 35.7. The maximum absolute atomic E-state index is 12.1. The summed E-state index contributed by atoms with van der Waals surface area (Å²) in [4.78, 5) is 21.4. The summed E-state index contributed by atoms with van der Waals surface area (Å²) in [6.45, 7) is -1.04. The third-order valence-corrected chi connectivity index (χ3v) is 4.11. The Kier molecular flexibility index (Phi) is 5.33. The lowest BCUT2D eigenvalue weighted by molar-refractivity contribution is -0.384. The summed E-state index contributed by atoms with van der Waals surface area (Å²) < 4.78 is 21.7. The molecule has 0 bridgehead atoms. The van der Waals surface area contributed by atoms with Crippen LogP contribution in [0.1, 0.15) is 13.8 Å². The predicted octanol–water partition coefficient (Wildman–Crippen LogP) is 2.86. The number of hydrogen-bond acceptors (Lipinski definition) is 6. The van der Waals surface area contributed by atoms with Crippen LogP contribution in [0.2, 0.25) is 0 Å². The number of non-ortho nitro benzene ring substituents is 1. The molecule has 0 aromatic heterocycles. The zero-order valence-electron chi connectivity index (χ0n) is 11.5. The van der Waals surface area contributed by atoms with Gasteiger partial charge in [0.2, 0.25) is 0 Å². The lowest BCUT2D eigenvalue weighted by Gasteiger charge is -2.25. The third kappa shape index (κ3) is 5.00. The Morgan fingerprint density at radius 1 is 1.38 bits per heavy atom. The van der Waals surface area contributed by atoms with Crippen molar-refractivity contribution in [1.29, 1.82) is 0 Å². The quantitative estimate of drug-likeness (QED) is 0.368. The van der Waals surface area contributed by atoms with Crippen molar-refractivity contribution in [3.05, 3.63) is 34.4 Å². The number of halogens is 1. The molecule has 1 rings (SSSR count). The molecule has 1 N–H and O–H groups in total. The minimum atomic E-state index is -3.89. The van der Waals surface area contributed by atoms with Gasteiger partial charge in [-0.1, -0.05) is 0 Å². The fraction of sp³-hybridized carbons (Fsp3) is 0.364. The summed E-state index contributed by atoms with van der Waals surface area (Å²) in [5.74, 6) is -0.609. The van der Waals surface area contributed by atoms with E-state index in [-0.39, 0.29) is 11.4 Å². The zero-order valence-corrected chi connectivity index (χ0v) is 13.2. The monoisotopic (exact) mass is 336 g/mol. The number of hydrogen-bond donors (Lipinski definition) is 1. The number of rotatable bonds is 6. The number of nitrogens with zero attached hydrogens (tertiary/aromatic N) is 1. The van der Waals surface area contributed by atoms with Crippen molar-refractivity contribution in [1.82, 2.24) is 5.09 Å². The fourth-order valence-corrected chi connectivity index (χ4v) is 3.49. The van der Waals surface area contributed by atoms with Crippen LogP contribution in [0, 0.1) is 10.1 Å². The molecule has 10 heteroatoms. The average Bonchev–Trinajstić information content (AvgIpc) is 2.36. The van der Waals surface area contributed by atoms with Crippen LogP contribution in [0.15, 0.2) is 24.3 Å². The van der Waals surface area contributed by atoms with Crippen LogP contribution in [-0.4, -0.2) is 23.5 Å². The van der Waals surface area contributed by atoms with E-state index in [1.54, 1.807) is 0 Å². The molecule has 1 unspecified atom stereocenters. The Bertz CT molecular complexity index is 589. The standard InChI is InChI=1S/C11H14ClN2O6P/c1-11(2,10(15)19-3)13-21(12,18)20-9-6-4-8(5-7-9)14(16)17/h4-7H,1-3H3,(H,13,18). The highest BCUT2D eigenvalue weighted by molar-refractivity contribution is 7.84. The minimum Gasteiger partial charge on any atom is -0.468 e. The maximum Gasteiger partial charge on any atom is 0.410 e. The number of nitrogens with one attached hydrogen (secondary N) is 1. The number of ether oxygens (including phenoxy) is 1. The average molecular weight is 337 g/mol. The molecule has 21 heavy (non-hydrogen) atoms. The van der Waals surface area contributed by atoms with Gasteiger partial charge in [0.25, 0.3) is 5.69 Å². The number of methoxy groups -OCH3 is 1. The van der Waals surface area contributed by atoms with Gasteiger partial charge < -0.3 is 9.26 Å². The zero-order chi connectivity index (χ0) is 16.3. The summed E-state index contributed by atoms with van der Waals surface area (Å²) in [6.07, 6.45) is 0.